The monoisotopic (exact) mass is 530 g/mol. The fraction of sp³-hybridized carbons (Fsp3) is 0.320. The van der Waals surface area contributed by atoms with Gasteiger partial charge in [0.1, 0.15) is 5.57 Å². The van der Waals surface area contributed by atoms with Crippen molar-refractivity contribution in [3.63, 3.8) is 0 Å². The van der Waals surface area contributed by atoms with Gasteiger partial charge in [0.05, 0.1) is 36.5 Å². The maximum Gasteiger partial charge on any atom is 0.338 e. The minimum Gasteiger partial charge on any atom is -0.493 e. The molecule has 0 aliphatic carbocycles. The molecule has 0 aromatic heterocycles. The molecule has 1 heterocycles. The quantitative estimate of drug-likeness (QED) is 0.346. The number of carbonyl (C=O) groups is 3. The SMILES string of the molecule is CC[C@@H](C)Oc1c(Br)cc(/C=C2/C(=O)N(CCOC)C(=O)N(c3ccccc3)C2=O)cc1OC. The highest BCUT2D eigenvalue weighted by atomic mass is 79.9. The third kappa shape index (κ3) is 5.31. The summed E-state index contributed by atoms with van der Waals surface area (Å²) in [4.78, 5) is 41.6. The van der Waals surface area contributed by atoms with Gasteiger partial charge in [0, 0.05) is 7.11 Å². The third-order valence-electron chi connectivity index (χ3n) is 5.32. The summed E-state index contributed by atoms with van der Waals surface area (Å²) in [5.41, 5.74) is 0.754. The predicted molar refractivity (Wildman–Crippen MR) is 132 cm³/mol. The van der Waals surface area contributed by atoms with Crippen LogP contribution in [0, 0.1) is 0 Å². The molecule has 2 aromatic carbocycles. The Morgan fingerprint density at radius 2 is 1.76 bits per heavy atom. The van der Waals surface area contributed by atoms with Crippen LogP contribution in [0.15, 0.2) is 52.5 Å². The molecule has 1 aliphatic rings. The molecular weight excluding hydrogens is 504 g/mol. The number of ether oxygens (including phenoxy) is 3. The van der Waals surface area contributed by atoms with E-state index in [9.17, 15) is 14.4 Å². The van der Waals surface area contributed by atoms with E-state index in [1.54, 1.807) is 42.5 Å². The number of nitrogens with zero attached hydrogens (tertiary/aromatic N) is 2. The summed E-state index contributed by atoms with van der Waals surface area (Å²) in [6.45, 7) is 4.11. The Morgan fingerprint density at radius 3 is 2.38 bits per heavy atom. The summed E-state index contributed by atoms with van der Waals surface area (Å²) in [5.74, 6) is -0.410. The summed E-state index contributed by atoms with van der Waals surface area (Å²) in [7, 11) is 2.99. The number of amides is 4. The summed E-state index contributed by atoms with van der Waals surface area (Å²) in [6, 6.07) is 11.2. The number of hydrogen-bond donors (Lipinski definition) is 0. The second kappa shape index (κ2) is 11.3. The average Bonchev–Trinajstić information content (AvgIpc) is 2.83. The molecule has 0 saturated carbocycles. The normalized spacial score (nSPS) is 16.3. The topological polar surface area (TPSA) is 85.4 Å². The molecular formula is C25H27BrN2O6. The molecule has 0 N–H and O–H groups in total. The zero-order valence-corrected chi connectivity index (χ0v) is 21.1. The van der Waals surface area contributed by atoms with E-state index in [4.69, 9.17) is 14.2 Å². The molecule has 1 atom stereocenters. The first kappa shape index (κ1) is 25.5. The number of para-hydroxylation sites is 1. The van der Waals surface area contributed by atoms with Gasteiger partial charge < -0.3 is 14.2 Å². The minimum absolute atomic E-state index is 0.0107. The second-order valence-corrected chi connectivity index (χ2v) is 8.49. The highest BCUT2D eigenvalue weighted by molar-refractivity contribution is 9.10. The van der Waals surface area contributed by atoms with E-state index in [2.05, 4.69) is 15.9 Å². The van der Waals surface area contributed by atoms with Crippen LogP contribution in [0.25, 0.3) is 6.08 Å². The summed E-state index contributed by atoms with van der Waals surface area (Å²) in [6.07, 6.45) is 2.23. The highest BCUT2D eigenvalue weighted by Gasteiger charge is 2.42. The number of barbiturate groups is 1. The Hall–Kier alpha value is -3.17. The summed E-state index contributed by atoms with van der Waals surface area (Å²) < 4.78 is 17.1. The zero-order valence-electron chi connectivity index (χ0n) is 19.5. The van der Waals surface area contributed by atoms with Crippen LogP contribution in [-0.4, -0.2) is 56.2 Å². The van der Waals surface area contributed by atoms with Gasteiger partial charge in [0.2, 0.25) is 0 Å². The molecule has 9 heteroatoms. The number of hydrogen-bond acceptors (Lipinski definition) is 6. The predicted octanol–water partition coefficient (Wildman–Crippen LogP) is 4.66. The van der Waals surface area contributed by atoms with Gasteiger partial charge in [-0.3, -0.25) is 14.5 Å². The molecule has 1 fully saturated rings. The summed E-state index contributed by atoms with van der Waals surface area (Å²) in [5, 5.41) is 0. The van der Waals surface area contributed by atoms with Crippen LogP contribution in [0.3, 0.4) is 0 Å². The molecule has 0 radical (unpaired) electrons. The van der Waals surface area contributed by atoms with Crippen molar-refractivity contribution in [1.82, 2.24) is 4.90 Å². The van der Waals surface area contributed by atoms with Crippen LogP contribution < -0.4 is 14.4 Å². The van der Waals surface area contributed by atoms with Crippen LogP contribution in [0.1, 0.15) is 25.8 Å². The maximum atomic E-state index is 13.4. The maximum absolute atomic E-state index is 13.4. The Kier molecular flexibility index (Phi) is 8.46. The van der Waals surface area contributed by atoms with Crippen molar-refractivity contribution >= 4 is 45.5 Å². The van der Waals surface area contributed by atoms with Crippen LogP contribution in [0.5, 0.6) is 11.5 Å². The van der Waals surface area contributed by atoms with Gasteiger partial charge in [-0.25, -0.2) is 9.69 Å². The molecule has 1 aliphatic heterocycles. The van der Waals surface area contributed by atoms with Gasteiger partial charge in [-0.1, -0.05) is 25.1 Å². The van der Waals surface area contributed by atoms with E-state index in [1.165, 1.54) is 20.3 Å². The fourth-order valence-electron chi connectivity index (χ4n) is 3.35. The molecule has 2 aromatic rings. The minimum atomic E-state index is -0.716. The van der Waals surface area contributed by atoms with Crippen molar-refractivity contribution in [1.29, 1.82) is 0 Å². The molecule has 34 heavy (non-hydrogen) atoms. The van der Waals surface area contributed by atoms with Crippen molar-refractivity contribution in [2.45, 2.75) is 26.4 Å². The van der Waals surface area contributed by atoms with Gasteiger partial charge in [0.15, 0.2) is 11.5 Å². The van der Waals surface area contributed by atoms with Crippen LogP contribution >= 0.6 is 15.9 Å². The lowest BCUT2D eigenvalue weighted by molar-refractivity contribution is -0.129. The number of methoxy groups -OCH3 is 2. The van der Waals surface area contributed by atoms with Gasteiger partial charge in [0.25, 0.3) is 11.8 Å². The molecule has 0 bridgehead atoms. The first-order chi connectivity index (χ1) is 16.3. The number of rotatable bonds is 9. The third-order valence-corrected chi connectivity index (χ3v) is 5.91. The Morgan fingerprint density at radius 1 is 1.06 bits per heavy atom. The van der Waals surface area contributed by atoms with Crippen molar-refractivity contribution in [2.24, 2.45) is 0 Å². The molecule has 1 saturated heterocycles. The number of anilines is 1. The largest absolute Gasteiger partial charge is 0.493 e. The highest BCUT2D eigenvalue weighted by Crippen LogP contribution is 2.38. The molecule has 4 amide bonds. The van der Waals surface area contributed by atoms with Gasteiger partial charge in [-0.15, -0.1) is 0 Å². The van der Waals surface area contributed by atoms with E-state index in [0.29, 0.717) is 27.2 Å². The zero-order chi connectivity index (χ0) is 24.8. The number of halogens is 1. The standard InChI is InChI=1S/C25H27BrN2O6/c1-5-16(2)34-22-20(26)14-17(15-21(22)33-4)13-19-23(29)27(11-12-32-3)25(31)28(24(19)30)18-9-7-6-8-10-18/h6-10,13-16H,5,11-12H2,1-4H3/b19-13-/t16-/m1/s1. The van der Waals surface area contributed by atoms with Crippen LogP contribution in [0.2, 0.25) is 0 Å². The smallest absolute Gasteiger partial charge is 0.338 e. The second-order valence-electron chi connectivity index (χ2n) is 7.64. The number of urea groups is 1. The van der Waals surface area contributed by atoms with Gasteiger partial charge >= 0.3 is 6.03 Å². The molecule has 0 unspecified atom stereocenters. The number of imide groups is 2. The van der Waals surface area contributed by atoms with E-state index in [1.807, 2.05) is 13.8 Å². The molecule has 8 nitrogen and oxygen atoms in total. The first-order valence-electron chi connectivity index (χ1n) is 10.8. The van der Waals surface area contributed by atoms with Crippen molar-refractivity contribution in [3.05, 3.63) is 58.1 Å². The number of carbonyl (C=O) groups excluding carboxylic acids is 3. The van der Waals surface area contributed by atoms with E-state index >= 15 is 0 Å². The molecule has 3 rings (SSSR count). The van der Waals surface area contributed by atoms with Crippen molar-refractivity contribution in [3.8, 4) is 11.5 Å². The lowest BCUT2D eigenvalue weighted by Gasteiger charge is -2.33. The van der Waals surface area contributed by atoms with Crippen LogP contribution in [0.4, 0.5) is 10.5 Å². The van der Waals surface area contributed by atoms with E-state index < -0.39 is 17.8 Å². The van der Waals surface area contributed by atoms with Crippen molar-refractivity contribution < 1.29 is 28.6 Å². The Balaban J connectivity index is 2.08. The Labute approximate surface area is 207 Å². The molecule has 0 spiro atoms. The Bertz CT molecular complexity index is 1100. The lowest BCUT2D eigenvalue weighted by Crippen LogP contribution is -2.57. The van der Waals surface area contributed by atoms with Crippen LogP contribution in [-0.2, 0) is 14.3 Å². The summed E-state index contributed by atoms with van der Waals surface area (Å²) >= 11 is 3.50. The molecule has 180 valence electrons. The van der Waals surface area contributed by atoms with E-state index in [0.717, 1.165) is 16.2 Å². The number of benzene rings is 2. The lowest BCUT2D eigenvalue weighted by atomic mass is 10.0. The first-order valence-corrected chi connectivity index (χ1v) is 11.6. The van der Waals surface area contributed by atoms with Crippen molar-refractivity contribution in [2.75, 3.05) is 32.3 Å². The van der Waals surface area contributed by atoms with Gasteiger partial charge in [-0.2, -0.15) is 0 Å². The average molecular weight is 531 g/mol. The fourth-order valence-corrected chi connectivity index (χ4v) is 3.90. The van der Waals surface area contributed by atoms with E-state index in [-0.39, 0.29) is 24.8 Å². The van der Waals surface area contributed by atoms with Gasteiger partial charge in [-0.05, 0) is 65.2 Å².